The zero-order valence-corrected chi connectivity index (χ0v) is 27.6. The Bertz CT molecular complexity index is 1690. The fraction of sp³-hybridized carbons (Fsp3) is 0.297. The average molecular weight is 626 g/mol. The van der Waals surface area contributed by atoms with Gasteiger partial charge in [-0.3, -0.25) is 13.9 Å². The van der Waals surface area contributed by atoms with Crippen molar-refractivity contribution in [1.29, 1.82) is 0 Å². The summed E-state index contributed by atoms with van der Waals surface area (Å²) in [4.78, 5) is 30.1. The molecular formula is C37H43N3O4S. The van der Waals surface area contributed by atoms with Gasteiger partial charge in [0.05, 0.1) is 10.6 Å². The highest BCUT2D eigenvalue weighted by atomic mass is 32.2. The van der Waals surface area contributed by atoms with Gasteiger partial charge in [0.2, 0.25) is 11.8 Å². The van der Waals surface area contributed by atoms with E-state index in [1.165, 1.54) is 4.90 Å². The first kappa shape index (κ1) is 33.5. The Morgan fingerprint density at radius 1 is 0.756 bits per heavy atom. The first-order valence-electron chi connectivity index (χ1n) is 15.3. The summed E-state index contributed by atoms with van der Waals surface area (Å²) in [6.07, 6.45) is 1.00. The summed E-state index contributed by atoms with van der Waals surface area (Å²) < 4.78 is 29.4. The lowest BCUT2D eigenvalue weighted by molar-refractivity contribution is -0.140. The van der Waals surface area contributed by atoms with Crippen molar-refractivity contribution in [3.8, 4) is 0 Å². The van der Waals surface area contributed by atoms with E-state index in [0.29, 0.717) is 5.69 Å². The van der Waals surface area contributed by atoms with Crippen molar-refractivity contribution in [2.75, 3.05) is 10.8 Å². The number of benzene rings is 4. The Kier molecular flexibility index (Phi) is 11.2. The number of sulfonamides is 1. The molecule has 0 aliphatic carbocycles. The molecule has 4 rings (SSSR count). The summed E-state index contributed by atoms with van der Waals surface area (Å²) in [5.74, 6) is -0.759. The van der Waals surface area contributed by atoms with Gasteiger partial charge < -0.3 is 10.2 Å². The van der Waals surface area contributed by atoms with Crippen molar-refractivity contribution in [2.24, 2.45) is 0 Å². The predicted molar refractivity (Wildman–Crippen MR) is 180 cm³/mol. The highest BCUT2D eigenvalue weighted by molar-refractivity contribution is 7.92. The molecule has 0 unspecified atom stereocenters. The number of hydrogen-bond acceptors (Lipinski definition) is 4. The number of carbonyl (C=O) groups is 2. The SMILES string of the molecule is CC[C@H](C)NC(=O)[C@H](Cc1ccccc1)N(Cc1cccc(C)c1)C(=O)CN(c1ccc(C)cc1)S(=O)(=O)c1ccc(C)cc1. The summed E-state index contributed by atoms with van der Waals surface area (Å²) in [5, 5.41) is 3.07. The predicted octanol–water partition coefficient (Wildman–Crippen LogP) is 6.36. The molecule has 0 saturated heterocycles. The molecule has 0 bridgehead atoms. The number of anilines is 1. The van der Waals surface area contributed by atoms with Crippen molar-refractivity contribution in [3.05, 3.63) is 131 Å². The average Bonchev–Trinajstić information content (AvgIpc) is 3.02. The van der Waals surface area contributed by atoms with Crippen LogP contribution in [0.15, 0.2) is 108 Å². The maximum absolute atomic E-state index is 14.5. The number of amides is 2. The second kappa shape index (κ2) is 15.0. The van der Waals surface area contributed by atoms with Gasteiger partial charge in [-0.1, -0.05) is 102 Å². The van der Waals surface area contributed by atoms with Gasteiger partial charge in [0, 0.05) is 19.0 Å². The number of hydrogen-bond donors (Lipinski definition) is 1. The van der Waals surface area contributed by atoms with E-state index in [4.69, 9.17) is 0 Å². The molecule has 8 heteroatoms. The van der Waals surface area contributed by atoms with Gasteiger partial charge in [0.15, 0.2) is 0 Å². The number of carbonyl (C=O) groups excluding carboxylic acids is 2. The van der Waals surface area contributed by atoms with Crippen LogP contribution >= 0.6 is 0 Å². The number of aryl methyl sites for hydroxylation is 3. The topological polar surface area (TPSA) is 86.8 Å². The van der Waals surface area contributed by atoms with E-state index in [0.717, 1.165) is 38.5 Å². The van der Waals surface area contributed by atoms with E-state index in [1.807, 2.05) is 101 Å². The quantitative estimate of drug-likeness (QED) is 0.187. The number of rotatable bonds is 13. The molecule has 4 aromatic rings. The molecule has 2 atom stereocenters. The second-order valence-electron chi connectivity index (χ2n) is 11.7. The number of nitrogens with zero attached hydrogens (tertiary/aromatic N) is 2. The summed E-state index contributed by atoms with van der Waals surface area (Å²) in [5.41, 5.74) is 5.02. The summed E-state index contributed by atoms with van der Waals surface area (Å²) in [6.45, 7) is 9.35. The summed E-state index contributed by atoms with van der Waals surface area (Å²) in [6, 6.07) is 30.0. The molecule has 0 spiro atoms. The minimum atomic E-state index is -4.13. The van der Waals surface area contributed by atoms with E-state index in [1.54, 1.807) is 36.4 Å². The van der Waals surface area contributed by atoms with Crippen LogP contribution in [0.1, 0.15) is 48.1 Å². The summed E-state index contributed by atoms with van der Waals surface area (Å²) >= 11 is 0. The fourth-order valence-electron chi connectivity index (χ4n) is 5.08. The van der Waals surface area contributed by atoms with Gasteiger partial charge in [0.25, 0.3) is 10.0 Å². The third kappa shape index (κ3) is 8.82. The molecule has 0 aliphatic heterocycles. The van der Waals surface area contributed by atoms with Gasteiger partial charge >= 0.3 is 0 Å². The normalized spacial score (nSPS) is 12.6. The Balaban J connectivity index is 1.80. The Morgan fingerprint density at radius 2 is 1.36 bits per heavy atom. The van der Waals surface area contributed by atoms with Gasteiger partial charge in [-0.2, -0.15) is 0 Å². The van der Waals surface area contributed by atoms with Crippen molar-refractivity contribution in [2.45, 2.75) is 71.0 Å². The second-order valence-corrected chi connectivity index (χ2v) is 13.6. The highest BCUT2D eigenvalue weighted by Crippen LogP contribution is 2.26. The molecular weight excluding hydrogens is 582 g/mol. The first-order valence-corrected chi connectivity index (χ1v) is 16.8. The minimum Gasteiger partial charge on any atom is -0.352 e. The smallest absolute Gasteiger partial charge is 0.264 e. The molecule has 0 heterocycles. The largest absolute Gasteiger partial charge is 0.352 e. The van der Waals surface area contributed by atoms with Crippen molar-refractivity contribution in [3.63, 3.8) is 0 Å². The molecule has 0 aromatic heterocycles. The van der Waals surface area contributed by atoms with Crippen LogP contribution in [0.25, 0.3) is 0 Å². The third-order valence-corrected chi connectivity index (χ3v) is 9.71. The molecule has 1 N–H and O–H groups in total. The van der Waals surface area contributed by atoms with Crippen LogP contribution in [0.2, 0.25) is 0 Å². The van der Waals surface area contributed by atoms with Crippen LogP contribution in [0.4, 0.5) is 5.69 Å². The Morgan fingerprint density at radius 3 is 1.96 bits per heavy atom. The standard InChI is InChI=1S/C37H43N3O4S/c1-6-30(5)38-37(42)35(24-31-12-8-7-9-13-31)39(25-32-14-10-11-29(4)23-32)36(41)26-40(33-19-15-27(2)16-20-33)45(43,44)34-21-17-28(3)18-22-34/h7-23,30,35H,6,24-26H2,1-5H3,(H,38,42)/t30-,35-/m0/s1. The number of nitrogens with one attached hydrogen (secondary N) is 1. The van der Waals surface area contributed by atoms with E-state index in [2.05, 4.69) is 5.32 Å². The van der Waals surface area contributed by atoms with Gasteiger partial charge in [-0.15, -0.1) is 0 Å². The first-order chi connectivity index (χ1) is 21.5. The van der Waals surface area contributed by atoms with Crippen LogP contribution in [0.5, 0.6) is 0 Å². The van der Waals surface area contributed by atoms with Crippen LogP contribution in [-0.4, -0.2) is 43.8 Å². The van der Waals surface area contributed by atoms with E-state index >= 15 is 0 Å². The highest BCUT2D eigenvalue weighted by Gasteiger charge is 2.35. The van der Waals surface area contributed by atoms with Gasteiger partial charge in [0.1, 0.15) is 12.6 Å². The molecule has 7 nitrogen and oxygen atoms in total. The molecule has 0 radical (unpaired) electrons. The van der Waals surface area contributed by atoms with Crippen LogP contribution < -0.4 is 9.62 Å². The van der Waals surface area contributed by atoms with E-state index < -0.39 is 28.5 Å². The molecule has 4 aromatic carbocycles. The fourth-order valence-corrected chi connectivity index (χ4v) is 6.49. The summed E-state index contributed by atoms with van der Waals surface area (Å²) in [7, 11) is -4.13. The van der Waals surface area contributed by atoms with Gasteiger partial charge in [-0.25, -0.2) is 8.42 Å². The van der Waals surface area contributed by atoms with Gasteiger partial charge in [-0.05, 0) is 69.5 Å². The maximum Gasteiger partial charge on any atom is 0.264 e. The van der Waals surface area contributed by atoms with Crippen LogP contribution in [0.3, 0.4) is 0 Å². The molecule has 2 amide bonds. The zero-order valence-electron chi connectivity index (χ0n) is 26.7. The van der Waals surface area contributed by atoms with Crippen LogP contribution in [0, 0.1) is 20.8 Å². The zero-order chi connectivity index (χ0) is 32.6. The monoisotopic (exact) mass is 625 g/mol. The molecule has 45 heavy (non-hydrogen) atoms. The Hall–Kier alpha value is -4.43. The van der Waals surface area contributed by atoms with Crippen LogP contribution in [-0.2, 0) is 32.6 Å². The lowest BCUT2D eigenvalue weighted by Gasteiger charge is -2.34. The maximum atomic E-state index is 14.5. The molecule has 0 saturated carbocycles. The van der Waals surface area contributed by atoms with E-state index in [-0.39, 0.29) is 29.8 Å². The lowest BCUT2D eigenvalue weighted by Crippen LogP contribution is -2.54. The van der Waals surface area contributed by atoms with Crippen molar-refractivity contribution >= 4 is 27.5 Å². The minimum absolute atomic E-state index is 0.0852. The molecule has 0 fully saturated rings. The molecule has 0 aliphatic rings. The van der Waals surface area contributed by atoms with E-state index in [9.17, 15) is 18.0 Å². The Labute approximate surface area is 268 Å². The lowest BCUT2D eigenvalue weighted by atomic mass is 10.0. The van der Waals surface area contributed by atoms with Crippen molar-refractivity contribution in [1.82, 2.24) is 10.2 Å². The third-order valence-electron chi connectivity index (χ3n) is 7.92. The van der Waals surface area contributed by atoms with Crippen molar-refractivity contribution < 1.29 is 18.0 Å². The molecule has 236 valence electrons.